The average molecular weight is 289 g/mol. The Balaban J connectivity index is 2.01. The van der Waals surface area contributed by atoms with E-state index in [2.05, 4.69) is 5.32 Å². The molecule has 0 atom stereocenters. The Labute approximate surface area is 123 Å². The molecule has 112 valence electrons. The summed E-state index contributed by atoms with van der Waals surface area (Å²) < 4.78 is 5.07. The van der Waals surface area contributed by atoms with Crippen LogP contribution in [-0.4, -0.2) is 24.1 Å². The summed E-state index contributed by atoms with van der Waals surface area (Å²) in [6, 6.07) is 7.38. The van der Waals surface area contributed by atoms with Gasteiger partial charge >= 0.3 is 5.97 Å². The first-order valence-corrected chi connectivity index (χ1v) is 6.98. The van der Waals surface area contributed by atoms with E-state index in [1.165, 1.54) is 0 Å². The number of hydrogen-bond donors (Lipinski definition) is 2. The number of nitrogens with one attached hydrogen (secondary N) is 1. The Morgan fingerprint density at radius 1 is 1.14 bits per heavy atom. The lowest BCUT2D eigenvalue weighted by Crippen LogP contribution is -2.27. The Kier molecular flexibility index (Phi) is 4.98. The van der Waals surface area contributed by atoms with Crippen molar-refractivity contribution in [3.63, 3.8) is 0 Å². The molecule has 0 saturated carbocycles. The fourth-order valence-electron chi connectivity index (χ4n) is 2.42. The normalized spacial score (nSPS) is 14.7. The van der Waals surface area contributed by atoms with Gasteiger partial charge in [-0.25, -0.2) is 4.79 Å². The first-order valence-electron chi connectivity index (χ1n) is 6.98. The fraction of sp³-hybridized carbons (Fsp3) is 0.375. The molecule has 2 rings (SSSR count). The molecule has 0 aliphatic heterocycles. The number of aliphatic carboxylic acids is 1. The van der Waals surface area contributed by atoms with Crippen LogP contribution in [0.2, 0.25) is 0 Å². The van der Waals surface area contributed by atoms with Gasteiger partial charge in [-0.2, -0.15) is 0 Å². The van der Waals surface area contributed by atoms with Crippen molar-refractivity contribution in [2.75, 3.05) is 7.11 Å². The van der Waals surface area contributed by atoms with Crippen molar-refractivity contribution in [1.29, 1.82) is 0 Å². The number of ether oxygens (including phenoxy) is 1. The molecular weight excluding hydrogens is 270 g/mol. The summed E-state index contributed by atoms with van der Waals surface area (Å²) in [7, 11) is 1.60. The number of carboxylic acids is 1. The minimum Gasteiger partial charge on any atom is -0.497 e. The molecule has 1 aromatic rings. The van der Waals surface area contributed by atoms with Crippen molar-refractivity contribution in [1.82, 2.24) is 5.32 Å². The van der Waals surface area contributed by atoms with Crippen LogP contribution >= 0.6 is 0 Å². The van der Waals surface area contributed by atoms with Crippen LogP contribution in [0.15, 0.2) is 35.4 Å². The van der Waals surface area contributed by atoms with E-state index in [9.17, 15) is 9.59 Å². The molecule has 5 nitrogen and oxygen atoms in total. The highest BCUT2D eigenvalue weighted by molar-refractivity contribution is 6.02. The third kappa shape index (κ3) is 3.84. The van der Waals surface area contributed by atoms with E-state index in [-0.39, 0.29) is 11.5 Å². The third-order valence-electron chi connectivity index (χ3n) is 3.61. The number of methoxy groups -OCH3 is 1. The van der Waals surface area contributed by atoms with E-state index in [0.717, 1.165) is 24.2 Å². The molecule has 2 N–H and O–H groups in total. The maximum Gasteiger partial charge on any atom is 0.332 e. The van der Waals surface area contributed by atoms with Gasteiger partial charge in [0.2, 0.25) is 5.91 Å². The molecule has 0 heterocycles. The number of rotatable bonds is 5. The number of carboxylic acid groups (broad SMARTS) is 1. The van der Waals surface area contributed by atoms with Gasteiger partial charge in [0.05, 0.1) is 7.11 Å². The van der Waals surface area contributed by atoms with E-state index in [1.54, 1.807) is 7.11 Å². The zero-order chi connectivity index (χ0) is 15.2. The van der Waals surface area contributed by atoms with Crippen LogP contribution in [-0.2, 0) is 16.1 Å². The minimum atomic E-state index is -0.982. The first-order chi connectivity index (χ1) is 10.1. The van der Waals surface area contributed by atoms with Gasteiger partial charge in [0.15, 0.2) is 0 Å². The van der Waals surface area contributed by atoms with Crippen molar-refractivity contribution in [2.24, 2.45) is 0 Å². The number of amides is 1. The number of benzene rings is 1. The van der Waals surface area contributed by atoms with Crippen LogP contribution < -0.4 is 10.1 Å². The van der Waals surface area contributed by atoms with Crippen LogP contribution in [0.4, 0.5) is 0 Å². The van der Waals surface area contributed by atoms with Crippen LogP contribution in [0.1, 0.15) is 31.2 Å². The van der Waals surface area contributed by atoms with E-state index >= 15 is 0 Å². The van der Waals surface area contributed by atoms with Gasteiger partial charge in [0, 0.05) is 17.7 Å². The predicted molar refractivity (Wildman–Crippen MR) is 78.0 cm³/mol. The SMILES string of the molecule is COc1ccc(CNC(=O)C2=C(C(=O)O)CCCC2)cc1. The first kappa shape index (κ1) is 15.1. The summed E-state index contributed by atoms with van der Waals surface area (Å²) >= 11 is 0. The average Bonchev–Trinajstić information content (AvgIpc) is 2.53. The second-order valence-corrected chi connectivity index (χ2v) is 5.00. The molecule has 0 radical (unpaired) electrons. The molecule has 0 unspecified atom stereocenters. The molecule has 1 amide bonds. The number of hydrogen-bond acceptors (Lipinski definition) is 3. The minimum absolute atomic E-state index is 0.258. The number of carbonyl (C=O) groups is 2. The van der Waals surface area contributed by atoms with Crippen molar-refractivity contribution in [3.05, 3.63) is 41.0 Å². The van der Waals surface area contributed by atoms with Gasteiger partial charge in [-0.05, 0) is 43.4 Å². The van der Waals surface area contributed by atoms with Gasteiger partial charge in [-0.1, -0.05) is 12.1 Å². The van der Waals surface area contributed by atoms with Gasteiger partial charge in [0.25, 0.3) is 0 Å². The molecule has 1 aliphatic carbocycles. The second-order valence-electron chi connectivity index (χ2n) is 5.00. The summed E-state index contributed by atoms with van der Waals surface area (Å²) in [4.78, 5) is 23.3. The van der Waals surface area contributed by atoms with Crippen LogP contribution in [0, 0.1) is 0 Å². The molecule has 0 bridgehead atoms. The van der Waals surface area contributed by atoms with Gasteiger partial charge in [-0.3, -0.25) is 4.79 Å². The summed E-state index contributed by atoms with van der Waals surface area (Å²) in [5.41, 5.74) is 1.62. The molecule has 0 aromatic heterocycles. The molecule has 1 aromatic carbocycles. The van der Waals surface area contributed by atoms with E-state index in [4.69, 9.17) is 9.84 Å². The zero-order valence-electron chi connectivity index (χ0n) is 12.0. The highest BCUT2D eigenvalue weighted by Crippen LogP contribution is 2.25. The Bertz CT molecular complexity index is 560. The van der Waals surface area contributed by atoms with Gasteiger partial charge in [0.1, 0.15) is 5.75 Å². The Morgan fingerprint density at radius 3 is 2.33 bits per heavy atom. The molecule has 21 heavy (non-hydrogen) atoms. The summed E-state index contributed by atoms with van der Waals surface area (Å²) in [6.07, 6.45) is 2.70. The van der Waals surface area contributed by atoms with Gasteiger partial charge in [-0.15, -0.1) is 0 Å². The number of carbonyl (C=O) groups excluding carboxylic acids is 1. The largest absolute Gasteiger partial charge is 0.497 e. The van der Waals surface area contributed by atoms with Crippen molar-refractivity contribution >= 4 is 11.9 Å². The van der Waals surface area contributed by atoms with Crippen LogP contribution in [0.3, 0.4) is 0 Å². The summed E-state index contributed by atoms with van der Waals surface area (Å²) in [5, 5.41) is 11.9. The Hall–Kier alpha value is -2.30. The fourth-order valence-corrected chi connectivity index (χ4v) is 2.42. The van der Waals surface area contributed by atoms with Crippen molar-refractivity contribution in [3.8, 4) is 5.75 Å². The zero-order valence-corrected chi connectivity index (χ0v) is 12.0. The highest BCUT2D eigenvalue weighted by Gasteiger charge is 2.23. The second kappa shape index (κ2) is 6.92. The van der Waals surface area contributed by atoms with Gasteiger partial charge < -0.3 is 15.2 Å². The topological polar surface area (TPSA) is 75.6 Å². The van der Waals surface area contributed by atoms with E-state index in [1.807, 2.05) is 24.3 Å². The van der Waals surface area contributed by atoms with E-state index < -0.39 is 5.97 Å². The monoisotopic (exact) mass is 289 g/mol. The maximum atomic E-state index is 12.2. The summed E-state index contributed by atoms with van der Waals surface area (Å²) in [6.45, 7) is 0.374. The quantitative estimate of drug-likeness (QED) is 0.872. The smallest absolute Gasteiger partial charge is 0.332 e. The van der Waals surface area contributed by atoms with E-state index in [0.29, 0.717) is 25.0 Å². The standard InChI is InChI=1S/C16H19NO4/c1-21-12-8-6-11(7-9-12)10-17-15(18)13-4-2-3-5-14(13)16(19)20/h6-9H,2-5,10H2,1H3,(H,17,18)(H,19,20). The Morgan fingerprint density at radius 2 is 1.76 bits per heavy atom. The lowest BCUT2D eigenvalue weighted by molar-refractivity contribution is -0.133. The third-order valence-corrected chi connectivity index (χ3v) is 3.61. The molecule has 1 aliphatic rings. The highest BCUT2D eigenvalue weighted by atomic mass is 16.5. The molecular formula is C16H19NO4. The summed E-state index contributed by atoms with van der Waals surface area (Å²) in [5.74, 6) is -0.500. The van der Waals surface area contributed by atoms with Crippen LogP contribution in [0.5, 0.6) is 5.75 Å². The predicted octanol–water partition coefficient (Wildman–Crippen LogP) is 2.27. The van der Waals surface area contributed by atoms with Crippen molar-refractivity contribution in [2.45, 2.75) is 32.2 Å². The molecule has 0 fully saturated rings. The molecule has 0 saturated heterocycles. The lowest BCUT2D eigenvalue weighted by atomic mass is 9.91. The lowest BCUT2D eigenvalue weighted by Gasteiger charge is -2.17. The maximum absolute atomic E-state index is 12.2. The molecule has 0 spiro atoms. The van der Waals surface area contributed by atoms with Crippen molar-refractivity contribution < 1.29 is 19.4 Å². The molecule has 5 heteroatoms. The van der Waals surface area contributed by atoms with Crippen LogP contribution in [0.25, 0.3) is 0 Å².